The fraction of sp³-hybridized carbons (Fsp3) is 0.286. The van der Waals surface area contributed by atoms with E-state index < -0.39 is 5.41 Å². The Morgan fingerprint density at radius 2 is 1.76 bits per heavy atom. The Kier molecular flexibility index (Phi) is 6.68. The molecule has 34 heavy (non-hydrogen) atoms. The maximum atomic E-state index is 13.4. The Morgan fingerprint density at radius 3 is 2.44 bits per heavy atom. The smallest absolute Gasteiger partial charge is 0.225 e. The topological polar surface area (TPSA) is 67.0 Å². The predicted molar refractivity (Wildman–Crippen MR) is 133 cm³/mol. The molecular formula is C28H30FN3O2. The van der Waals surface area contributed by atoms with Crippen LogP contribution in [0, 0.1) is 11.2 Å². The molecule has 3 aromatic carbocycles. The van der Waals surface area contributed by atoms with Gasteiger partial charge in [-0.1, -0.05) is 51.1 Å². The maximum Gasteiger partial charge on any atom is 0.225 e. The van der Waals surface area contributed by atoms with Gasteiger partial charge in [-0.3, -0.25) is 9.89 Å². The molecule has 0 radical (unpaired) electrons. The number of H-pyrrole nitrogens is 1. The zero-order chi connectivity index (χ0) is 24.3. The number of carbonyl (C=O) groups is 1. The second-order valence-corrected chi connectivity index (χ2v) is 9.64. The lowest BCUT2D eigenvalue weighted by molar-refractivity contribution is -0.129. The average molecular weight is 460 g/mol. The third kappa shape index (κ3) is 5.45. The molecule has 6 heteroatoms. The monoisotopic (exact) mass is 459 g/mol. The van der Waals surface area contributed by atoms with Crippen LogP contribution in [-0.2, 0) is 11.2 Å². The highest BCUT2D eigenvalue weighted by Crippen LogP contribution is 2.30. The molecule has 0 bridgehead atoms. The van der Waals surface area contributed by atoms with Gasteiger partial charge in [-0.05, 0) is 55.0 Å². The van der Waals surface area contributed by atoms with Gasteiger partial charge in [0.25, 0.3) is 0 Å². The highest BCUT2D eigenvalue weighted by molar-refractivity contribution is 5.93. The molecule has 0 saturated carbocycles. The Labute approximate surface area is 199 Å². The lowest BCUT2D eigenvalue weighted by Crippen LogP contribution is -2.48. The van der Waals surface area contributed by atoms with Gasteiger partial charge in [0.05, 0.1) is 11.6 Å². The van der Waals surface area contributed by atoms with Crippen LogP contribution in [0.2, 0.25) is 0 Å². The number of carbonyl (C=O) groups excluding carboxylic acids is 1. The van der Waals surface area contributed by atoms with Crippen LogP contribution in [0.3, 0.4) is 0 Å². The van der Waals surface area contributed by atoms with Crippen molar-refractivity contribution in [1.82, 2.24) is 15.5 Å². The number of hydrogen-bond donors (Lipinski definition) is 2. The highest BCUT2D eigenvalue weighted by Gasteiger charge is 2.27. The van der Waals surface area contributed by atoms with Crippen LogP contribution in [0.15, 0.2) is 72.8 Å². The van der Waals surface area contributed by atoms with Crippen LogP contribution < -0.4 is 10.1 Å². The van der Waals surface area contributed by atoms with Crippen molar-refractivity contribution in [1.29, 1.82) is 0 Å². The molecule has 1 amide bonds. The molecule has 0 spiro atoms. The molecule has 0 aliphatic rings. The number of fused-ring (bicyclic) bond motifs is 1. The van der Waals surface area contributed by atoms with Crippen LogP contribution in [-0.4, -0.2) is 28.3 Å². The normalized spacial score (nSPS) is 13.4. The van der Waals surface area contributed by atoms with E-state index in [2.05, 4.69) is 27.6 Å². The second kappa shape index (κ2) is 9.67. The summed E-state index contributed by atoms with van der Waals surface area (Å²) in [6, 6.07) is 21.9. The molecule has 176 valence electrons. The first-order valence-electron chi connectivity index (χ1n) is 11.5. The van der Waals surface area contributed by atoms with E-state index in [1.165, 1.54) is 12.1 Å². The van der Waals surface area contributed by atoms with E-state index in [1.807, 2.05) is 64.1 Å². The van der Waals surface area contributed by atoms with Crippen molar-refractivity contribution >= 4 is 16.8 Å². The summed E-state index contributed by atoms with van der Waals surface area (Å²) in [6.07, 6.45) is 0.355. The summed E-state index contributed by atoms with van der Waals surface area (Å²) >= 11 is 0. The minimum Gasteiger partial charge on any atom is -0.488 e. The van der Waals surface area contributed by atoms with Gasteiger partial charge in [-0.15, -0.1) is 0 Å². The Hall–Kier alpha value is -3.67. The standard InChI is InChI=1S/C28H30FN3O2/c1-18(30-27(33)28(2,3)4)25(16-19-8-6-5-7-9-19)34-22-14-15-24-23(17-22)26(32-31-24)20-10-12-21(29)13-11-20/h5-15,17-18,25H,16H2,1-4H3,(H,30,33)(H,31,32)/t18-,25+/m0/s1. The van der Waals surface area contributed by atoms with Crippen LogP contribution in [0.4, 0.5) is 4.39 Å². The van der Waals surface area contributed by atoms with E-state index in [9.17, 15) is 9.18 Å². The van der Waals surface area contributed by atoms with Crippen molar-refractivity contribution in [3.05, 3.63) is 84.2 Å². The Morgan fingerprint density at radius 1 is 1.06 bits per heavy atom. The quantitative estimate of drug-likeness (QED) is 0.361. The first-order valence-corrected chi connectivity index (χ1v) is 11.5. The fourth-order valence-electron chi connectivity index (χ4n) is 3.75. The van der Waals surface area contributed by atoms with Gasteiger partial charge in [-0.2, -0.15) is 5.10 Å². The summed E-state index contributed by atoms with van der Waals surface area (Å²) in [5, 5.41) is 11.5. The van der Waals surface area contributed by atoms with Crippen molar-refractivity contribution in [2.24, 2.45) is 5.41 Å². The molecular weight excluding hydrogens is 429 g/mol. The van der Waals surface area contributed by atoms with Crippen molar-refractivity contribution in [3.63, 3.8) is 0 Å². The van der Waals surface area contributed by atoms with Gasteiger partial charge in [0, 0.05) is 22.8 Å². The van der Waals surface area contributed by atoms with Gasteiger partial charge in [0.15, 0.2) is 0 Å². The van der Waals surface area contributed by atoms with Crippen LogP contribution >= 0.6 is 0 Å². The minimum atomic E-state index is -0.495. The fourth-order valence-corrected chi connectivity index (χ4v) is 3.75. The number of ether oxygens (including phenoxy) is 1. The van der Waals surface area contributed by atoms with E-state index in [-0.39, 0.29) is 23.9 Å². The number of nitrogens with zero attached hydrogens (tertiary/aromatic N) is 1. The lowest BCUT2D eigenvalue weighted by Gasteiger charge is -2.29. The summed E-state index contributed by atoms with van der Waals surface area (Å²) in [4.78, 5) is 12.6. The molecule has 2 N–H and O–H groups in total. The molecule has 0 saturated heterocycles. The molecule has 0 aliphatic heterocycles. The third-order valence-corrected chi connectivity index (χ3v) is 5.82. The highest BCUT2D eigenvalue weighted by atomic mass is 19.1. The maximum absolute atomic E-state index is 13.4. The van der Waals surface area contributed by atoms with Gasteiger partial charge in [0.2, 0.25) is 5.91 Å². The molecule has 1 heterocycles. The van der Waals surface area contributed by atoms with Crippen LogP contribution in [0.5, 0.6) is 5.75 Å². The second-order valence-electron chi connectivity index (χ2n) is 9.64. The van der Waals surface area contributed by atoms with E-state index in [0.717, 1.165) is 27.7 Å². The summed E-state index contributed by atoms with van der Waals surface area (Å²) < 4.78 is 19.9. The Bertz CT molecular complexity index is 1260. The van der Waals surface area contributed by atoms with Gasteiger partial charge in [0.1, 0.15) is 23.4 Å². The number of hydrogen-bond acceptors (Lipinski definition) is 3. The first kappa shape index (κ1) is 23.5. The van der Waals surface area contributed by atoms with Crippen LogP contribution in [0.25, 0.3) is 22.2 Å². The SMILES string of the molecule is C[C@H](NC(=O)C(C)(C)C)[C@@H](Cc1ccccc1)Oc1ccc2[nH]nc(-c3ccc(F)cc3)c2c1. The molecule has 2 atom stereocenters. The number of halogens is 1. The largest absolute Gasteiger partial charge is 0.488 e. The van der Waals surface area contributed by atoms with Crippen LogP contribution in [0.1, 0.15) is 33.3 Å². The molecule has 0 fully saturated rings. The van der Waals surface area contributed by atoms with Crippen molar-refractivity contribution in [3.8, 4) is 17.0 Å². The molecule has 5 nitrogen and oxygen atoms in total. The molecule has 4 rings (SSSR count). The van der Waals surface area contributed by atoms with E-state index in [1.54, 1.807) is 12.1 Å². The average Bonchev–Trinajstić information content (AvgIpc) is 3.22. The molecule has 0 unspecified atom stereocenters. The summed E-state index contributed by atoms with van der Waals surface area (Å²) in [5.74, 6) is 0.364. The van der Waals surface area contributed by atoms with E-state index in [4.69, 9.17) is 4.74 Å². The lowest BCUT2D eigenvalue weighted by atomic mass is 9.94. The number of amides is 1. The Balaban J connectivity index is 1.63. The number of rotatable bonds is 7. The summed E-state index contributed by atoms with van der Waals surface area (Å²) in [7, 11) is 0. The molecule has 0 aliphatic carbocycles. The summed E-state index contributed by atoms with van der Waals surface area (Å²) in [5.41, 5.74) is 3.04. The number of nitrogens with one attached hydrogen (secondary N) is 2. The summed E-state index contributed by atoms with van der Waals surface area (Å²) in [6.45, 7) is 7.65. The minimum absolute atomic E-state index is 0.0226. The van der Waals surface area contributed by atoms with Crippen molar-refractivity contribution in [2.45, 2.75) is 46.3 Å². The number of aromatic nitrogens is 2. The first-order chi connectivity index (χ1) is 16.2. The zero-order valence-corrected chi connectivity index (χ0v) is 19.9. The van der Waals surface area contributed by atoms with E-state index >= 15 is 0 Å². The zero-order valence-electron chi connectivity index (χ0n) is 19.9. The van der Waals surface area contributed by atoms with Crippen molar-refractivity contribution in [2.75, 3.05) is 0 Å². The van der Waals surface area contributed by atoms with E-state index in [0.29, 0.717) is 12.2 Å². The predicted octanol–water partition coefficient (Wildman–Crippen LogP) is 5.91. The van der Waals surface area contributed by atoms with Gasteiger partial charge < -0.3 is 10.1 Å². The molecule has 4 aromatic rings. The van der Waals surface area contributed by atoms with Crippen molar-refractivity contribution < 1.29 is 13.9 Å². The molecule has 1 aromatic heterocycles. The number of aromatic amines is 1. The van der Waals surface area contributed by atoms with Gasteiger partial charge >= 0.3 is 0 Å². The third-order valence-electron chi connectivity index (χ3n) is 5.82. The van der Waals surface area contributed by atoms with Gasteiger partial charge in [-0.25, -0.2) is 4.39 Å². The number of benzene rings is 3.